The van der Waals surface area contributed by atoms with Crippen molar-refractivity contribution in [3.63, 3.8) is 0 Å². The van der Waals surface area contributed by atoms with Crippen LogP contribution in [0.2, 0.25) is 0 Å². The fourth-order valence-corrected chi connectivity index (χ4v) is 4.07. The molecule has 1 heterocycles. The number of nitrogens with one attached hydrogen (secondary N) is 4. The molecule has 0 fully saturated rings. The first-order valence-corrected chi connectivity index (χ1v) is 12.5. The van der Waals surface area contributed by atoms with Gasteiger partial charge in [0, 0.05) is 23.5 Å². The van der Waals surface area contributed by atoms with Gasteiger partial charge in [-0.15, -0.1) is 0 Å². The SMILES string of the molecule is CC(C)CC(N)C(=O)NC(Cc1c[nH]c2ccccc12)C(=O)NC(CC(N)=O)C(=O)NC(C(=O)O)C(C)C. The molecule has 0 aliphatic carbocycles. The molecule has 4 unspecified atom stereocenters. The number of nitrogens with two attached hydrogens (primary N) is 2. The smallest absolute Gasteiger partial charge is 0.326 e. The number of aromatic amines is 1. The van der Waals surface area contributed by atoms with Crippen molar-refractivity contribution in [3.05, 3.63) is 36.0 Å². The summed E-state index contributed by atoms with van der Waals surface area (Å²) in [7, 11) is 0. The lowest BCUT2D eigenvalue weighted by Gasteiger charge is -2.25. The van der Waals surface area contributed by atoms with Gasteiger partial charge in [0.15, 0.2) is 0 Å². The van der Waals surface area contributed by atoms with E-state index >= 15 is 0 Å². The molecule has 4 amide bonds. The highest BCUT2D eigenvalue weighted by atomic mass is 16.4. The third kappa shape index (κ3) is 8.58. The molecule has 208 valence electrons. The van der Waals surface area contributed by atoms with Crippen LogP contribution in [0, 0.1) is 11.8 Å². The minimum atomic E-state index is -1.45. The van der Waals surface area contributed by atoms with E-state index in [4.69, 9.17) is 11.5 Å². The highest BCUT2D eigenvalue weighted by molar-refractivity contribution is 5.96. The van der Waals surface area contributed by atoms with Crippen molar-refractivity contribution >= 4 is 40.5 Å². The molecule has 1 aromatic heterocycles. The quantitative estimate of drug-likeness (QED) is 0.180. The topological polar surface area (TPSA) is 209 Å². The molecule has 12 nitrogen and oxygen atoms in total. The van der Waals surface area contributed by atoms with Gasteiger partial charge in [-0.05, 0) is 29.9 Å². The second-order valence-corrected chi connectivity index (χ2v) is 10.2. The second kappa shape index (κ2) is 13.6. The normalized spacial score (nSPS) is 14.5. The summed E-state index contributed by atoms with van der Waals surface area (Å²) in [6, 6.07) is 2.72. The fourth-order valence-electron chi connectivity index (χ4n) is 4.07. The Bertz CT molecular complexity index is 1160. The van der Waals surface area contributed by atoms with Crippen molar-refractivity contribution in [1.29, 1.82) is 0 Å². The van der Waals surface area contributed by atoms with Gasteiger partial charge in [0.1, 0.15) is 18.1 Å². The Morgan fingerprint density at radius 1 is 0.921 bits per heavy atom. The molecular weight excluding hydrogens is 492 g/mol. The zero-order chi connectivity index (χ0) is 28.6. The van der Waals surface area contributed by atoms with Crippen LogP contribution in [0.25, 0.3) is 10.9 Å². The number of rotatable bonds is 14. The third-order valence-electron chi connectivity index (χ3n) is 6.06. The number of carbonyl (C=O) groups excluding carboxylic acids is 4. The van der Waals surface area contributed by atoms with Gasteiger partial charge in [0.25, 0.3) is 0 Å². The summed E-state index contributed by atoms with van der Waals surface area (Å²) in [5.74, 6) is -4.63. The van der Waals surface area contributed by atoms with E-state index in [1.165, 1.54) is 0 Å². The van der Waals surface area contributed by atoms with Crippen LogP contribution in [0.4, 0.5) is 0 Å². The Morgan fingerprint density at radius 3 is 2.11 bits per heavy atom. The van der Waals surface area contributed by atoms with Crippen LogP contribution < -0.4 is 27.4 Å². The van der Waals surface area contributed by atoms with Crippen LogP contribution in [0.3, 0.4) is 0 Å². The molecule has 9 N–H and O–H groups in total. The summed E-state index contributed by atoms with van der Waals surface area (Å²) in [5.41, 5.74) is 12.9. The first-order chi connectivity index (χ1) is 17.8. The van der Waals surface area contributed by atoms with Gasteiger partial charge < -0.3 is 37.5 Å². The summed E-state index contributed by atoms with van der Waals surface area (Å²) in [6.45, 7) is 7.04. The van der Waals surface area contributed by atoms with E-state index in [-0.39, 0.29) is 12.3 Å². The number of hydrogen-bond donors (Lipinski definition) is 7. The van der Waals surface area contributed by atoms with E-state index in [9.17, 15) is 29.1 Å². The molecule has 2 rings (SSSR count). The van der Waals surface area contributed by atoms with Crippen LogP contribution in [0.1, 0.15) is 46.1 Å². The van der Waals surface area contributed by atoms with Crippen molar-refractivity contribution in [3.8, 4) is 0 Å². The molecule has 12 heteroatoms. The van der Waals surface area contributed by atoms with Gasteiger partial charge in [0.2, 0.25) is 23.6 Å². The molecule has 0 saturated carbocycles. The fraction of sp³-hybridized carbons (Fsp3) is 0.500. The lowest BCUT2D eigenvalue weighted by Crippen LogP contribution is -2.58. The molecule has 0 aliphatic heterocycles. The van der Waals surface area contributed by atoms with Crippen LogP contribution >= 0.6 is 0 Å². The van der Waals surface area contributed by atoms with E-state index in [0.29, 0.717) is 6.42 Å². The van der Waals surface area contributed by atoms with Crippen LogP contribution in [0.15, 0.2) is 30.5 Å². The Balaban J connectivity index is 2.32. The Hall–Kier alpha value is -3.93. The molecule has 0 saturated heterocycles. The van der Waals surface area contributed by atoms with E-state index < -0.39 is 66.1 Å². The third-order valence-corrected chi connectivity index (χ3v) is 6.06. The highest BCUT2D eigenvalue weighted by Crippen LogP contribution is 2.19. The number of aliphatic carboxylic acids is 1. The molecular formula is C26H38N6O6. The lowest BCUT2D eigenvalue weighted by atomic mass is 10.0. The average Bonchev–Trinajstić information content (AvgIpc) is 3.23. The molecule has 0 aliphatic rings. The molecule has 4 atom stereocenters. The van der Waals surface area contributed by atoms with E-state index in [0.717, 1.165) is 16.5 Å². The van der Waals surface area contributed by atoms with Gasteiger partial charge in [-0.3, -0.25) is 19.2 Å². The predicted octanol–water partition coefficient (Wildman–Crippen LogP) is 0.154. The molecule has 38 heavy (non-hydrogen) atoms. The maximum Gasteiger partial charge on any atom is 0.326 e. The first kappa shape index (κ1) is 30.3. The maximum absolute atomic E-state index is 13.4. The minimum Gasteiger partial charge on any atom is -0.480 e. The van der Waals surface area contributed by atoms with E-state index in [1.54, 1.807) is 20.0 Å². The Labute approximate surface area is 221 Å². The number of aromatic nitrogens is 1. The zero-order valence-corrected chi connectivity index (χ0v) is 22.1. The number of H-pyrrole nitrogens is 1. The molecule has 2 aromatic rings. The standard InChI is InChI=1S/C26H38N6O6/c1-13(2)9-17(27)23(34)30-19(10-15-12-29-18-8-6-5-7-16(15)18)24(35)31-20(11-21(28)33)25(36)32-22(14(3)4)26(37)38/h5-8,12-14,17,19-20,22,29H,9-11,27H2,1-4H3,(H2,28,33)(H,30,34)(H,31,35)(H,32,36)(H,37,38). The number of amides is 4. The Kier molecular flexibility index (Phi) is 10.8. The van der Waals surface area contributed by atoms with E-state index in [1.807, 2.05) is 38.1 Å². The van der Waals surface area contributed by atoms with E-state index in [2.05, 4.69) is 20.9 Å². The largest absolute Gasteiger partial charge is 0.480 e. The minimum absolute atomic E-state index is 0.0602. The summed E-state index contributed by atoms with van der Waals surface area (Å²) < 4.78 is 0. The van der Waals surface area contributed by atoms with Crippen molar-refractivity contribution in [2.75, 3.05) is 0 Å². The number of fused-ring (bicyclic) bond motifs is 1. The molecule has 0 bridgehead atoms. The lowest BCUT2D eigenvalue weighted by molar-refractivity contribution is -0.143. The van der Waals surface area contributed by atoms with Crippen molar-refractivity contribution in [2.24, 2.45) is 23.3 Å². The van der Waals surface area contributed by atoms with Gasteiger partial charge in [0.05, 0.1) is 12.5 Å². The van der Waals surface area contributed by atoms with Gasteiger partial charge >= 0.3 is 5.97 Å². The van der Waals surface area contributed by atoms with Gasteiger partial charge in [-0.25, -0.2) is 4.79 Å². The maximum atomic E-state index is 13.4. The van der Waals surface area contributed by atoms with Gasteiger partial charge in [-0.2, -0.15) is 0 Å². The van der Waals surface area contributed by atoms with Gasteiger partial charge in [-0.1, -0.05) is 45.9 Å². The zero-order valence-electron chi connectivity index (χ0n) is 22.1. The first-order valence-electron chi connectivity index (χ1n) is 12.5. The summed E-state index contributed by atoms with van der Waals surface area (Å²) in [4.78, 5) is 65.5. The predicted molar refractivity (Wildman–Crippen MR) is 142 cm³/mol. The van der Waals surface area contributed by atoms with Crippen LogP contribution in [0.5, 0.6) is 0 Å². The van der Waals surface area contributed by atoms with Crippen molar-refractivity contribution in [1.82, 2.24) is 20.9 Å². The molecule has 0 radical (unpaired) electrons. The van der Waals surface area contributed by atoms with Crippen molar-refractivity contribution < 1.29 is 29.1 Å². The monoisotopic (exact) mass is 530 g/mol. The number of carboxylic acids is 1. The van der Waals surface area contributed by atoms with Crippen molar-refractivity contribution in [2.45, 2.75) is 71.1 Å². The molecule has 1 aromatic carbocycles. The summed E-state index contributed by atoms with van der Waals surface area (Å²) in [5, 5.41) is 17.7. The average molecular weight is 531 g/mol. The van der Waals surface area contributed by atoms with Crippen LogP contribution in [-0.4, -0.2) is 63.9 Å². The number of carbonyl (C=O) groups is 5. The second-order valence-electron chi connectivity index (χ2n) is 10.2. The summed E-state index contributed by atoms with van der Waals surface area (Å²) >= 11 is 0. The number of para-hydroxylation sites is 1. The Morgan fingerprint density at radius 2 is 1.53 bits per heavy atom. The number of hydrogen-bond acceptors (Lipinski definition) is 6. The van der Waals surface area contributed by atoms with Crippen LogP contribution in [-0.2, 0) is 30.4 Å². The number of carboxylic acid groups (broad SMARTS) is 1. The summed E-state index contributed by atoms with van der Waals surface area (Å²) in [6.07, 6.45) is 1.61. The number of benzene rings is 1. The number of primary amides is 1. The molecule has 0 spiro atoms. The highest BCUT2D eigenvalue weighted by Gasteiger charge is 2.32.